The van der Waals surface area contributed by atoms with Gasteiger partial charge in [0.2, 0.25) is 0 Å². The fourth-order valence-corrected chi connectivity index (χ4v) is 3.74. The number of nitrogens with one attached hydrogen (secondary N) is 1. The number of halogens is 1. The monoisotopic (exact) mass is 332 g/mol. The van der Waals surface area contributed by atoms with Crippen molar-refractivity contribution in [3.63, 3.8) is 0 Å². The Bertz CT molecular complexity index is 890. The zero-order chi connectivity index (χ0) is 15.6. The highest BCUT2D eigenvalue weighted by atomic mass is 35.5. The van der Waals surface area contributed by atoms with Gasteiger partial charge in [0, 0.05) is 12.4 Å². The van der Waals surface area contributed by atoms with E-state index in [-0.39, 0.29) is 9.92 Å². The van der Waals surface area contributed by atoms with Crippen LogP contribution in [0.5, 0.6) is 0 Å². The number of benzene rings is 2. The van der Waals surface area contributed by atoms with Crippen molar-refractivity contribution in [1.82, 2.24) is 4.57 Å². The molecule has 1 aromatic heterocycles. The van der Waals surface area contributed by atoms with Gasteiger partial charge in [-0.15, -0.1) is 0 Å². The number of anilines is 1. The third kappa shape index (κ3) is 2.86. The SMILES string of the molecule is O=S(=O)(Nc1ccccc1-n1cccc1)c1ccccc1Cl. The summed E-state index contributed by atoms with van der Waals surface area (Å²) < 4.78 is 29.5. The van der Waals surface area contributed by atoms with Crippen molar-refractivity contribution in [2.75, 3.05) is 4.72 Å². The van der Waals surface area contributed by atoms with Crippen molar-refractivity contribution in [3.05, 3.63) is 78.1 Å². The van der Waals surface area contributed by atoms with Crippen LogP contribution in [0.15, 0.2) is 78.0 Å². The molecule has 6 heteroatoms. The Labute approximate surface area is 134 Å². The fourth-order valence-electron chi connectivity index (χ4n) is 2.14. The van der Waals surface area contributed by atoms with E-state index in [9.17, 15) is 8.42 Å². The molecule has 0 aliphatic heterocycles. The predicted molar refractivity (Wildman–Crippen MR) is 88.0 cm³/mol. The Morgan fingerprint density at radius 3 is 2.23 bits per heavy atom. The number of nitrogens with zero attached hydrogens (tertiary/aromatic N) is 1. The highest BCUT2D eigenvalue weighted by molar-refractivity contribution is 7.92. The van der Waals surface area contributed by atoms with Gasteiger partial charge >= 0.3 is 0 Å². The standard InChI is InChI=1S/C16H13ClN2O2S/c17-13-7-1-4-10-16(13)22(20,21)18-14-8-2-3-9-15(14)19-11-5-6-12-19/h1-12,18H. The van der Waals surface area contributed by atoms with E-state index >= 15 is 0 Å². The third-order valence-electron chi connectivity index (χ3n) is 3.16. The Morgan fingerprint density at radius 2 is 1.50 bits per heavy atom. The van der Waals surface area contributed by atoms with Crippen LogP contribution >= 0.6 is 11.6 Å². The molecule has 2 aromatic carbocycles. The van der Waals surface area contributed by atoms with E-state index in [1.165, 1.54) is 6.07 Å². The lowest BCUT2D eigenvalue weighted by atomic mass is 10.3. The fraction of sp³-hybridized carbons (Fsp3) is 0. The number of para-hydroxylation sites is 2. The summed E-state index contributed by atoms with van der Waals surface area (Å²) in [4.78, 5) is 0.0546. The highest BCUT2D eigenvalue weighted by Gasteiger charge is 2.19. The quantitative estimate of drug-likeness (QED) is 0.787. The van der Waals surface area contributed by atoms with Crippen LogP contribution in [-0.4, -0.2) is 13.0 Å². The van der Waals surface area contributed by atoms with Gasteiger partial charge in [0.15, 0.2) is 0 Å². The average molecular weight is 333 g/mol. The molecule has 4 nitrogen and oxygen atoms in total. The molecule has 0 atom stereocenters. The second kappa shape index (κ2) is 5.87. The zero-order valence-electron chi connectivity index (χ0n) is 11.5. The molecule has 3 aromatic rings. The van der Waals surface area contributed by atoms with E-state index in [1.54, 1.807) is 30.3 Å². The van der Waals surface area contributed by atoms with Crippen molar-refractivity contribution >= 4 is 27.3 Å². The van der Waals surface area contributed by atoms with Crippen molar-refractivity contribution in [2.45, 2.75) is 4.90 Å². The Hall–Kier alpha value is -2.24. The minimum atomic E-state index is -3.75. The molecular formula is C16H13ClN2O2S. The molecule has 1 heterocycles. The van der Waals surface area contributed by atoms with Gasteiger partial charge in [-0.1, -0.05) is 35.9 Å². The van der Waals surface area contributed by atoms with Gasteiger partial charge in [0.1, 0.15) is 4.90 Å². The molecule has 0 saturated heterocycles. The topological polar surface area (TPSA) is 51.1 Å². The van der Waals surface area contributed by atoms with Crippen LogP contribution in [0.4, 0.5) is 5.69 Å². The molecule has 0 amide bonds. The third-order valence-corrected chi connectivity index (χ3v) is 5.02. The van der Waals surface area contributed by atoms with E-state index in [0.717, 1.165) is 5.69 Å². The Balaban J connectivity index is 2.03. The molecule has 22 heavy (non-hydrogen) atoms. The second-order valence-corrected chi connectivity index (χ2v) is 6.70. The number of hydrogen-bond donors (Lipinski definition) is 1. The largest absolute Gasteiger partial charge is 0.322 e. The van der Waals surface area contributed by atoms with Gasteiger partial charge in [-0.3, -0.25) is 4.72 Å². The first-order valence-corrected chi connectivity index (χ1v) is 8.44. The van der Waals surface area contributed by atoms with E-state index in [4.69, 9.17) is 11.6 Å². The normalized spacial score (nSPS) is 11.3. The van der Waals surface area contributed by atoms with Gasteiger partial charge in [-0.05, 0) is 36.4 Å². The number of hydrogen-bond acceptors (Lipinski definition) is 2. The summed E-state index contributed by atoms with van der Waals surface area (Å²) >= 11 is 5.99. The molecular weight excluding hydrogens is 320 g/mol. The minimum Gasteiger partial charge on any atom is -0.322 e. The maximum absolute atomic E-state index is 12.5. The molecule has 0 spiro atoms. The van der Waals surface area contributed by atoms with Gasteiger partial charge in [0.25, 0.3) is 10.0 Å². The molecule has 112 valence electrons. The van der Waals surface area contributed by atoms with Crippen LogP contribution in [0.25, 0.3) is 5.69 Å². The maximum Gasteiger partial charge on any atom is 0.263 e. The minimum absolute atomic E-state index is 0.0546. The molecule has 0 aliphatic carbocycles. The summed E-state index contributed by atoms with van der Waals surface area (Å²) in [6.07, 6.45) is 3.70. The van der Waals surface area contributed by atoms with Crippen LogP contribution in [0.2, 0.25) is 5.02 Å². The summed E-state index contributed by atoms with van der Waals surface area (Å²) in [5.74, 6) is 0. The van der Waals surface area contributed by atoms with Gasteiger partial charge < -0.3 is 4.57 Å². The maximum atomic E-state index is 12.5. The van der Waals surface area contributed by atoms with Crippen LogP contribution in [0, 0.1) is 0 Å². The lowest BCUT2D eigenvalue weighted by Gasteiger charge is -2.14. The first-order chi connectivity index (χ1) is 10.6. The molecule has 1 N–H and O–H groups in total. The van der Waals surface area contributed by atoms with Crippen molar-refractivity contribution in [3.8, 4) is 5.69 Å². The van der Waals surface area contributed by atoms with Gasteiger partial charge in [-0.25, -0.2) is 8.42 Å². The van der Waals surface area contributed by atoms with E-state index < -0.39 is 10.0 Å². The van der Waals surface area contributed by atoms with Crippen molar-refractivity contribution in [1.29, 1.82) is 0 Å². The summed E-state index contributed by atoms with van der Waals surface area (Å²) in [7, 11) is -3.75. The van der Waals surface area contributed by atoms with Crippen LogP contribution in [0.1, 0.15) is 0 Å². The summed E-state index contributed by atoms with van der Waals surface area (Å²) in [6.45, 7) is 0. The summed E-state index contributed by atoms with van der Waals surface area (Å²) in [5.41, 5.74) is 1.22. The van der Waals surface area contributed by atoms with E-state index in [2.05, 4.69) is 4.72 Å². The van der Waals surface area contributed by atoms with Crippen LogP contribution < -0.4 is 4.72 Å². The van der Waals surface area contributed by atoms with Gasteiger partial charge in [-0.2, -0.15) is 0 Å². The molecule has 0 unspecified atom stereocenters. The lowest BCUT2D eigenvalue weighted by molar-refractivity contribution is 0.601. The highest BCUT2D eigenvalue weighted by Crippen LogP contribution is 2.26. The summed E-state index contributed by atoms with van der Waals surface area (Å²) in [6, 6.07) is 17.3. The lowest BCUT2D eigenvalue weighted by Crippen LogP contribution is -2.14. The van der Waals surface area contributed by atoms with E-state index in [1.807, 2.05) is 41.2 Å². The van der Waals surface area contributed by atoms with Gasteiger partial charge in [0.05, 0.1) is 16.4 Å². The number of rotatable bonds is 4. The first-order valence-electron chi connectivity index (χ1n) is 6.58. The molecule has 0 aliphatic rings. The average Bonchev–Trinajstić information content (AvgIpc) is 3.02. The smallest absolute Gasteiger partial charge is 0.263 e. The Morgan fingerprint density at radius 1 is 0.864 bits per heavy atom. The zero-order valence-corrected chi connectivity index (χ0v) is 13.1. The molecule has 0 fully saturated rings. The first kappa shape index (κ1) is 14.7. The predicted octanol–water partition coefficient (Wildman–Crippen LogP) is 3.93. The second-order valence-electron chi connectivity index (χ2n) is 4.64. The molecule has 0 saturated carbocycles. The molecule has 0 radical (unpaired) electrons. The van der Waals surface area contributed by atoms with Crippen molar-refractivity contribution in [2.24, 2.45) is 0 Å². The molecule has 3 rings (SSSR count). The number of sulfonamides is 1. The number of aromatic nitrogens is 1. The molecule has 0 bridgehead atoms. The van der Waals surface area contributed by atoms with Crippen molar-refractivity contribution < 1.29 is 8.42 Å². The summed E-state index contributed by atoms with van der Waals surface area (Å²) in [5, 5.41) is 0.188. The Kier molecular flexibility index (Phi) is 3.92. The van der Waals surface area contributed by atoms with Crippen LogP contribution in [-0.2, 0) is 10.0 Å². The van der Waals surface area contributed by atoms with E-state index in [0.29, 0.717) is 5.69 Å². The van der Waals surface area contributed by atoms with Crippen LogP contribution in [0.3, 0.4) is 0 Å².